The number of alkyl halides is 1. The second kappa shape index (κ2) is 5.60. The molecule has 1 aromatic rings. The summed E-state index contributed by atoms with van der Waals surface area (Å²) in [7, 11) is 0. The summed E-state index contributed by atoms with van der Waals surface area (Å²) in [4.78, 5) is 0. The molecule has 0 aromatic heterocycles. The van der Waals surface area contributed by atoms with Gasteiger partial charge in [0.05, 0.1) is 0 Å². The van der Waals surface area contributed by atoms with Crippen LogP contribution in [0.4, 0.5) is 8.78 Å². The molecule has 1 N–H and O–H groups in total. The van der Waals surface area contributed by atoms with Crippen LogP contribution in [0.1, 0.15) is 25.8 Å². The fraction of sp³-hybridized carbons (Fsp3) is 0.500. The zero-order chi connectivity index (χ0) is 12.2. The van der Waals surface area contributed by atoms with Crippen molar-refractivity contribution in [3.63, 3.8) is 0 Å². The molecule has 0 fully saturated rings. The van der Waals surface area contributed by atoms with E-state index in [0.29, 0.717) is 11.4 Å². The van der Waals surface area contributed by atoms with E-state index in [0.717, 1.165) is 18.6 Å². The Hall–Kier alpha value is -0.670. The van der Waals surface area contributed by atoms with Gasteiger partial charge in [0.2, 0.25) is 0 Å². The molecule has 0 radical (unpaired) electrons. The molecular weight excluding hydrogens is 232 g/mol. The van der Waals surface area contributed by atoms with Crippen LogP contribution in [0.3, 0.4) is 0 Å². The highest BCUT2D eigenvalue weighted by molar-refractivity contribution is 6.18. The maximum absolute atomic E-state index is 13.3. The first-order chi connectivity index (χ1) is 7.50. The Morgan fingerprint density at radius 3 is 2.62 bits per heavy atom. The minimum Gasteiger partial charge on any atom is -0.306 e. The van der Waals surface area contributed by atoms with E-state index in [1.807, 2.05) is 13.8 Å². The van der Waals surface area contributed by atoms with E-state index < -0.39 is 11.6 Å². The Morgan fingerprint density at radius 2 is 2.06 bits per heavy atom. The Bertz CT molecular complexity index is 351. The molecule has 0 saturated heterocycles. The van der Waals surface area contributed by atoms with Gasteiger partial charge < -0.3 is 5.32 Å². The molecule has 0 heterocycles. The first-order valence-electron chi connectivity index (χ1n) is 5.25. The van der Waals surface area contributed by atoms with Crippen LogP contribution in [-0.4, -0.2) is 11.4 Å². The van der Waals surface area contributed by atoms with Crippen molar-refractivity contribution in [1.29, 1.82) is 0 Å². The molecule has 16 heavy (non-hydrogen) atoms. The summed E-state index contributed by atoms with van der Waals surface area (Å²) in [6.45, 7) is 4.23. The summed E-state index contributed by atoms with van der Waals surface area (Å²) >= 11 is 5.82. The van der Waals surface area contributed by atoms with Gasteiger partial charge in [-0.3, -0.25) is 0 Å². The maximum Gasteiger partial charge on any atom is 0.127 e. The van der Waals surface area contributed by atoms with Gasteiger partial charge in [0.25, 0.3) is 0 Å². The second-order valence-corrected chi connectivity index (χ2v) is 4.40. The Morgan fingerprint density at radius 1 is 1.38 bits per heavy atom. The number of halogens is 3. The van der Waals surface area contributed by atoms with Crippen molar-refractivity contribution >= 4 is 11.6 Å². The van der Waals surface area contributed by atoms with Crippen molar-refractivity contribution in [2.75, 3.05) is 5.88 Å². The summed E-state index contributed by atoms with van der Waals surface area (Å²) < 4.78 is 26.2. The largest absolute Gasteiger partial charge is 0.306 e. The highest BCUT2D eigenvalue weighted by Crippen LogP contribution is 2.15. The molecule has 1 unspecified atom stereocenters. The number of hydrogen-bond acceptors (Lipinski definition) is 1. The van der Waals surface area contributed by atoms with Crippen molar-refractivity contribution < 1.29 is 8.78 Å². The predicted molar refractivity (Wildman–Crippen MR) is 62.6 cm³/mol. The molecule has 0 saturated carbocycles. The summed E-state index contributed by atoms with van der Waals surface area (Å²) in [5.41, 5.74) is 0.0742. The Labute approximate surface area is 99.8 Å². The van der Waals surface area contributed by atoms with E-state index in [-0.39, 0.29) is 12.1 Å². The van der Waals surface area contributed by atoms with Crippen LogP contribution in [0, 0.1) is 11.6 Å². The quantitative estimate of drug-likeness (QED) is 0.786. The van der Waals surface area contributed by atoms with Crippen LogP contribution < -0.4 is 5.32 Å². The predicted octanol–water partition coefficient (Wildman–Crippen LogP) is 3.46. The molecule has 1 nitrogen and oxygen atoms in total. The van der Waals surface area contributed by atoms with Crippen molar-refractivity contribution in [2.24, 2.45) is 0 Å². The van der Waals surface area contributed by atoms with Crippen LogP contribution in [0.5, 0.6) is 0 Å². The standard InChI is InChI=1S/C12H16ClF2N/c1-3-12(2,8-13)16-7-9-6-10(14)4-5-11(9)15/h4-6,16H,3,7-8H2,1-2H3. The smallest absolute Gasteiger partial charge is 0.127 e. The molecule has 0 aliphatic carbocycles. The van der Waals surface area contributed by atoms with Gasteiger partial charge in [-0.25, -0.2) is 8.78 Å². The van der Waals surface area contributed by atoms with Crippen molar-refractivity contribution in [2.45, 2.75) is 32.4 Å². The summed E-state index contributed by atoms with van der Waals surface area (Å²) in [5, 5.41) is 3.14. The number of hydrogen-bond donors (Lipinski definition) is 1. The van der Waals surface area contributed by atoms with E-state index >= 15 is 0 Å². The van der Waals surface area contributed by atoms with Gasteiger partial charge in [-0.15, -0.1) is 11.6 Å². The van der Waals surface area contributed by atoms with E-state index in [4.69, 9.17) is 11.6 Å². The van der Waals surface area contributed by atoms with E-state index in [1.165, 1.54) is 6.07 Å². The van der Waals surface area contributed by atoms with Crippen molar-refractivity contribution in [3.8, 4) is 0 Å². The third-order valence-electron chi connectivity index (χ3n) is 2.79. The van der Waals surface area contributed by atoms with Crippen molar-refractivity contribution in [3.05, 3.63) is 35.4 Å². The van der Waals surface area contributed by atoms with E-state index in [9.17, 15) is 8.78 Å². The van der Waals surface area contributed by atoms with Crippen LogP contribution in [0.15, 0.2) is 18.2 Å². The molecule has 90 valence electrons. The molecule has 4 heteroatoms. The van der Waals surface area contributed by atoms with E-state index in [1.54, 1.807) is 0 Å². The molecular formula is C12H16ClF2N. The summed E-state index contributed by atoms with van der Waals surface area (Å²) in [6, 6.07) is 3.45. The van der Waals surface area contributed by atoms with Crippen molar-refractivity contribution in [1.82, 2.24) is 5.32 Å². The molecule has 0 bridgehead atoms. The first kappa shape index (κ1) is 13.4. The molecule has 0 aliphatic rings. The monoisotopic (exact) mass is 247 g/mol. The van der Waals surface area contributed by atoms with Gasteiger partial charge >= 0.3 is 0 Å². The third kappa shape index (κ3) is 3.42. The fourth-order valence-corrected chi connectivity index (χ4v) is 1.54. The third-order valence-corrected chi connectivity index (χ3v) is 3.38. The number of nitrogens with one attached hydrogen (secondary N) is 1. The average Bonchev–Trinajstić information content (AvgIpc) is 2.30. The average molecular weight is 248 g/mol. The second-order valence-electron chi connectivity index (χ2n) is 4.14. The van der Waals surface area contributed by atoms with Gasteiger partial charge in [0, 0.05) is 23.5 Å². The zero-order valence-corrected chi connectivity index (χ0v) is 10.2. The lowest BCUT2D eigenvalue weighted by Gasteiger charge is -2.27. The SMILES string of the molecule is CCC(C)(CCl)NCc1cc(F)ccc1F. The topological polar surface area (TPSA) is 12.0 Å². The molecule has 0 spiro atoms. The van der Waals surface area contributed by atoms with E-state index in [2.05, 4.69) is 5.32 Å². The molecule has 1 aromatic carbocycles. The summed E-state index contributed by atoms with van der Waals surface area (Å²) in [5.74, 6) is -0.398. The van der Waals surface area contributed by atoms with Crippen LogP contribution in [-0.2, 0) is 6.54 Å². The maximum atomic E-state index is 13.3. The lowest BCUT2D eigenvalue weighted by Crippen LogP contribution is -2.43. The van der Waals surface area contributed by atoms with Crippen LogP contribution in [0.25, 0.3) is 0 Å². The summed E-state index contributed by atoms with van der Waals surface area (Å²) in [6.07, 6.45) is 0.827. The number of benzene rings is 1. The van der Waals surface area contributed by atoms with Gasteiger partial charge in [-0.1, -0.05) is 6.92 Å². The molecule has 0 aliphatic heterocycles. The fourth-order valence-electron chi connectivity index (χ4n) is 1.25. The highest BCUT2D eigenvalue weighted by atomic mass is 35.5. The van der Waals surface area contributed by atoms with Crippen LogP contribution in [0.2, 0.25) is 0 Å². The molecule has 1 atom stereocenters. The van der Waals surface area contributed by atoms with Gasteiger partial charge in [-0.05, 0) is 31.5 Å². The molecule has 1 rings (SSSR count). The zero-order valence-electron chi connectivity index (χ0n) is 9.49. The highest BCUT2D eigenvalue weighted by Gasteiger charge is 2.20. The number of rotatable bonds is 5. The first-order valence-corrected chi connectivity index (χ1v) is 5.79. The molecule has 0 amide bonds. The normalized spacial score (nSPS) is 14.8. The lowest BCUT2D eigenvalue weighted by molar-refractivity contribution is 0.375. The Balaban J connectivity index is 2.70. The Kier molecular flexibility index (Phi) is 4.69. The minimum absolute atomic E-state index is 0.250. The van der Waals surface area contributed by atoms with Crippen LogP contribution >= 0.6 is 11.6 Å². The van der Waals surface area contributed by atoms with Gasteiger partial charge in [0.1, 0.15) is 11.6 Å². The van der Waals surface area contributed by atoms with Gasteiger partial charge in [-0.2, -0.15) is 0 Å². The van der Waals surface area contributed by atoms with Gasteiger partial charge in [0.15, 0.2) is 0 Å². The minimum atomic E-state index is -0.428. The lowest BCUT2D eigenvalue weighted by atomic mass is 10.0.